The van der Waals surface area contributed by atoms with Gasteiger partial charge in [0.15, 0.2) is 11.8 Å². The van der Waals surface area contributed by atoms with Gasteiger partial charge in [-0.2, -0.15) is 0 Å². The summed E-state index contributed by atoms with van der Waals surface area (Å²) in [5.41, 5.74) is 1.94. The van der Waals surface area contributed by atoms with Crippen molar-refractivity contribution < 1.29 is 33.4 Å². The van der Waals surface area contributed by atoms with Gasteiger partial charge in [0.2, 0.25) is 5.52 Å². The minimum atomic E-state index is 0. The van der Waals surface area contributed by atoms with E-state index in [1.54, 1.807) is 6.26 Å². The molecule has 0 radical (unpaired) electrons. The Kier molecular flexibility index (Phi) is 2.26. The zero-order valence-corrected chi connectivity index (χ0v) is 7.33. The molecule has 2 nitrogen and oxygen atoms in total. The van der Waals surface area contributed by atoms with Crippen LogP contribution in [0.5, 0.6) is 0 Å². The van der Waals surface area contributed by atoms with E-state index >= 15 is 0 Å². The summed E-state index contributed by atoms with van der Waals surface area (Å²) in [6.07, 6.45) is 3.54. The number of aromatic amines is 1. The van der Waals surface area contributed by atoms with E-state index in [1.165, 1.54) is 0 Å². The van der Waals surface area contributed by atoms with Crippen LogP contribution in [0.25, 0.3) is 11.1 Å². The van der Waals surface area contributed by atoms with Crippen LogP contribution >= 0.6 is 0 Å². The summed E-state index contributed by atoms with van der Waals surface area (Å²) in [5, 5.41) is 0. The van der Waals surface area contributed by atoms with Gasteiger partial charge in [0.05, 0.1) is 6.26 Å². The summed E-state index contributed by atoms with van der Waals surface area (Å²) in [7, 11) is 0. The third-order valence-electron chi connectivity index (χ3n) is 1.28. The molecule has 0 unspecified atom stereocenters. The second kappa shape index (κ2) is 3.01. The molecule has 0 amide bonds. The Morgan fingerprint density at radius 2 is 2.20 bits per heavy atom. The smallest absolute Gasteiger partial charge is 0.249 e. The Morgan fingerprint density at radius 3 is 3.00 bits per heavy atom. The fourth-order valence-electron chi connectivity index (χ4n) is 0.843. The number of fused-ring (bicyclic) bond motifs is 1. The van der Waals surface area contributed by atoms with Crippen molar-refractivity contribution in [1.82, 2.24) is 0 Å². The van der Waals surface area contributed by atoms with Crippen LogP contribution in [0, 0.1) is 0 Å². The van der Waals surface area contributed by atoms with Crippen LogP contribution < -0.4 is 29.0 Å². The average Bonchev–Trinajstić information content (AvgIpc) is 2.33. The lowest BCUT2D eigenvalue weighted by atomic mass is 10.4. The molecule has 0 spiro atoms. The molecule has 52 valence electrons. The lowest BCUT2D eigenvalue weighted by molar-refractivity contribution is -0.344. The Balaban J connectivity index is 0.000000500. The quantitative estimate of drug-likeness (QED) is 0.507. The van der Waals surface area contributed by atoms with Crippen LogP contribution in [0.4, 0.5) is 0 Å². The number of halogens is 1. The number of H-pyrrole nitrogens is 1. The summed E-state index contributed by atoms with van der Waals surface area (Å²) in [5.74, 6) is 0. The Morgan fingerprint density at radius 1 is 1.30 bits per heavy atom. The van der Waals surface area contributed by atoms with Crippen molar-refractivity contribution >= 4 is 11.1 Å². The van der Waals surface area contributed by atoms with Crippen molar-refractivity contribution in [2.45, 2.75) is 0 Å². The molecule has 2 rings (SSSR count). The highest BCUT2D eigenvalue weighted by molar-refractivity contribution is 5.67. The van der Waals surface area contributed by atoms with E-state index in [4.69, 9.17) is 4.42 Å². The second-order valence-corrected chi connectivity index (χ2v) is 1.87. The molecular weight excluding hydrogens is 241 g/mol. The first-order chi connectivity index (χ1) is 4.47. The fraction of sp³-hybridized carbons (Fsp3) is 0. The van der Waals surface area contributed by atoms with E-state index in [0.29, 0.717) is 0 Å². The van der Waals surface area contributed by atoms with E-state index in [9.17, 15) is 0 Å². The average molecular weight is 247 g/mol. The normalized spacial score (nSPS) is 9.20. The van der Waals surface area contributed by atoms with Crippen LogP contribution in [-0.2, 0) is 0 Å². The zero-order chi connectivity index (χ0) is 6.10. The number of nitrogens with one attached hydrogen (secondary N) is 1. The SMILES string of the molecule is [I-].c1c[nH+]c2ccoc2c1. The molecule has 0 aliphatic rings. The van der Waals surface area contributed by atoms with Crippen LogP contribution in [0.3, 0.4) is 0 Å². The number of rotatable bonds is 0. The summed E-state index contributed by atoms with van der Waals surface area (Å²) < 4.78 is 5.09. The maximum Gasteiger partial charge on any atom is 0.249 e. The molecule has 0 aliphatic carbocycles. The van der Waals surface area contributed by atoms with Crippen LogP contribution in [-0.4, -0.2) is 0 Å². The summed E-state index contributed by atoms with van der Waals surface area (Å²) >= 11 is 0. The van der Waals surface area contributed by atoms with Gasteiger partial charge in [-0.05, 0) is 6.07 Å². The molecule has 0 saturated heterocycles. The van der Waals surface area contributed by atoms with Gasteiger partial charge in [-0.15, -0.1) is 0 Å². The minimum absolute atomic E-state index is 0. The molecule has 0 aliphatic heterocycles. The van der Waals surface area contributed by atoms with Gasteiger partial charge in [-0.25, -0.2) is 4.98 Å². The van der Waals surface area contributed by atoms with Crippen molar-refractivity contribution in [2.24, 2.45) is 0 Å². The standard InChI is InChI=1S/C7H5NO.HI/c1-2-7-6(8-4-1)3-5-9-7;/h1-5H;1H. The molecule has 0 bridgehead atoms. The summed E-state index contributed by atoms with van der Waals surface area (Å²) in [6, 6.07) is 5.73. The van der Waals surface area contributed by atoms with Gasteiger partial charge in [0.25, 0.3) is 0 Å². The van der Waals surface area contributed by atoms with E-state index in [0.717, 1.165) is 11.1 Å². The molecule has 0 saturated carbocycles. The van der Waals surface area contributed by atoms with Gasteiger partial charge in [0, 0.05) is 12.1 Å². The predicted molar refractivity (Wildman–Crippen MR) is 32.8 cm³/mol. The summed E-state index contributed by atoms with van der Waals surface area (Å²) in [4.78, 5) is 3.04. The molecule has 2 aromatic heterocycles. The molecule has 10 heavy (non-hydrogen) atoms. The molecule has 0 fully saturated rings. The molecule has 3 heteroatoms. The van der Waals surface area contributed by atoms with Crippen LogP contribution in [0.15, 0.2) is 35.1 Å². The van der Waals surface area contributed by atoms with E-state index < -0.39 is 0 Å². The predicted octanol–water partition coefficient (Wildman–Crippen LogP) is -1.75. The number of hydrogen-bond acceptors (Lipinski definition) is 1. The van der Waals surface area contributed by atoms with Crippen LogP contribution in [0.1, 0.15) is 0 Å². The van der Waals surface area contributed by atoms with Gasteiger partial charge >= 0.3 is 0 Å². The fourth-order valence-corrected chi connectivity index (χ4v) is 0.843. The Labute approximate surface area is 75.3 Å². The highest BCUT2D eigenvalue weighted by atomic mass is 127. The van der Waals surface area contributed by atoms with Crippen molar-refractivity contribution in [2.75, 3.05) is 0 Å². The Bertz CT molecular complexity index is 288. The molecule has 1 N–H and O–H groups in total. The molecule has 0 aromatic carbocycles. The molecule has 2 heterocycles. The van der Waals surface area contributed by atoms with Gasteiger partial charge in [-0.1, -0.05) is 0 Å². The van der Waals surface area contributed by atoms with Crippen molar-refractivity contribution in [3.05, 3.63) is 30.7 Å². The number of furan rings is 1. The van der Waals surface area contributed by atoms with E-state index in [-0.39, 0.29) is 24.0 Å². The monoisotopic (exact) mass is 247 g/mol. The molecule has 0 atom stereocenters. The first-order valence-electron chi connectivity index (χ1n) is 2.81. The number of pyridine rings is 1. The van der Waals surface area contributed by atoms with Gasteiger partial charge in [-0.3, -0.25) is 0 Å². The maximum absolute atomic E-state index is 5.09. The largest absolute Gasteiger partial charge is 1.00 e. The summed E-state index contributed by atoms with van der Waals surface area (Å²) in [6.45, 7) is 0. The first kappa shape index (κ1) is 7.53. The zero-order valence-electron chi connectivity index (χ0n) is 5.17. The first-order valence-corrected chi connectivity index (χ1v) is 2.81. The minimum Gasteiger partial charge on any atom is -1.00 e. The van der Waals surface area contributed by atoms with E-state index in [2.05, 4.69) is 4.98 Å². The van der Waals surface area contributed by atoms with E-state index in [1.807, 2.05) is 24.4 Å². The Hall–Kier alpha value is -0.580. The molecular formula is C7H6INO. The topological polar surface area (TPSA) is 27.3 Å². The third-order valence-corrected chi connectivity index (χ3v) is 1.28. The second-order valence-electron chi connectivity index (χ2n) is 1.87. The van der Waals surface area contributed by atoms with Crippen molar-refractivity contribution in [3.8, 4) is 0 Å². The highest BCUT2D eigenvalue weighted by Crippen LogP contribution is 2.06. The van der Waals surface area contributed by atoms with Gasteiger partial charge in [0.1, 0.15) is 0 Å². The van der Waals surface area contributed by atoms with Crippen molar-refractivity contribution in [1.29, 1.82) is 0 Å². The lowest BCUT2D eigenvalue weighted by Crippen LogP contribution is -3.00. The van der Waals surface area contributed by atoms with Crippen LogP contribution in [0.2, 0.25) is 0 Å². The number of aromatic nitrogens is 1. The van der Waals surface area contributed by atoms with Crippen molar-refractivity contribution in [3.63, 3.8) is 0 Å². The molecule has 2 aromatic rings. The number of hydrogen-bond donors (Lipinski definition) is 0. The van der Waals surface area contributed by atoms with Gasteiger partial charge < -0.3 is 28.4 Å². The maximum atomic E-state index is 5.09. The third kappa shape index (κ3) is 1.13. The highest BCUT2D eigenvalue weighted by Gasteiger charge is 1.97. The lowest BCUT2D eigenvalue weighted by Gasteiger charge is -1.74.